The number of unbranched alkanes of at least 4 members (excludes halogenated alkanes) is 3. The third-order valence-electron chi connectivity index (χ3n) is 3.53. The summed E-state index contributed by atoms with van der Waals surface area (Å²) in [5.74, 6) is 2.13. The third kappa shape index (κ3) is 7.98. The smallest absolute Gasteiger partial charge is 0.220 e. The average molecular weight is 272 g/mol. The summed E-state index contributed by atoms with van der Waals surface area (Å²) in [5.41, 5.74) is 0. The van der Waals surface area contributed by atoms with Gasteiger partial charge in [-0.1, -0.05) is 12.8 Å². The highest BCUT2D eigenvalue weighted by atomic mass is 32.2. The predicted octanol–water partition coefficient (Wildman–Crippen LogP) is 2.42. The SMILES string of the molecule is CSCCCCCCNC(=O)CC1CCNCC1. The van der Waals surface area contributed by atoms with Gasteiger partial charge in [0, 0.05) is 13.0 Å². The maximum atomic E-state index is 11.7. The second-order valence-corrected chi connectivity index (χ2v) is 6.14. The lowest BCUT2D eigenvalue weighted by molar-refractivity contribution is -0.122. The molecule has 0 aliphatic carbocycles. The Morgan fingerprint density at radius 3 is 2.67 bits per heavy atom. The molecule has 1 heterocycles. The number of hydrogen-bond donors (Lipinski definition) is 2. The van der Waals surface area contributed by atoms with E-state index in [0.29, 0.717) is 5.92 Å². The van der Waals surface area contributed by atoms with E-state index in [2.05, 4.69) is 16.9 Å². The van der Waals surface area contributed by atoms with Crippen LogP contribution in [0.25, 0.3) is 0 Å². The Bertz CT molecular complexity index is 218. The second kappa shape index (κ2) is 10.7. The second-order valence-electron chi connectivity index (χ2n) is 5.15. The molecule has 18 heavy (non-hydrogen) atoms. The van der Waals surface area contributed by atoms with E-state index in [-0.39, 0.29) is 5.91 Å². The number of carbonyl (C=O) groups is 1. The molecule has 0 spiro atoms. The minimum atomic E-state index is 0.256. The third-order valence-corrected chi connectivity index (χ3v) is 4.23. The molecule has 4 heteroatoms. The quantitative estimate of drug-likeness (QED) is 0.633. The van der Waals surface area contributed by atoms with Crippen molar-refractivity contribution in [3.8, 4) is 0 Å². The number of hydrogen-bond acceptors (Lipinski definition) is 3. The van der Waals surface area contributed by atoms with Gasteiger partial charge in [-0.2, -0.15) is 11.8 Å². The molecule has 1 aliphatic heterocycles. The first-order valence-electron chi connectivity index (χ1n) is 7.29. The molecule has 1 amide bonds. The molecular weight excluding hydrogens is 244 g/mol. The summed E-state index contributed by atoms with van der Waals surface area (Å²) >= 11 is 1.91. The van der Waals surface area contributed by atoms with Crippen LogP contribution in [0.2, 0.25) is 0 Å². The van der Waals surface area contributed by atoms with E-state index in [1.807, 2.05) is 11.8 Å². The number of rotatable bonds is 9. The molecule has 0 bridgehead atoms. The molecule has 0 unspecified atom stereocenters. The molecule has 2 N–H and O–H groups in total. The fourth-order valence-corrected chi connectivity index (χ4v) is 2.87. The first-order chi connectivity index (χ1) is 8.83. The highest BCUT2D eigenvalue weighted by molar-refractivity contribution is 7.98. The molecule has 106 valence electrons. The zero-order valence-corrected chi connectivity index (χ0v) is 12.5. The van der Waals surface area contributed by atoms with Crippen molar-refractivity contribution in [1.82, 2.24) is 10.6 Å². The van der Waals surface area contributed by atoms with Crippen LogP contribution in [0, 0.1) is 5.92 Å². The van der Waals surface area contributed by atoms with Crippen molar-refractivity contribution in [3.63, 3.8) is 0 Å². The van der Waals surface area contributed by atoms with E-state index in [1.54, 1.807) is 0 Å². The van der Waals surface area contributed by atoms with Gasteiger partial charge in [-0.3, -0.25) is 4.79 Å². The van der Waals surface area contributed by atoms with Crippen molar-refractivity contribution >= 4 is 17.7 Å². The van der Waals surface area contributed by atoms with Crippen molar-refractivity contribution in [2.75, 3.05) is 31.6 Å². The van der Waals surface area contributed by atoms with Gasteiger partial charge in [0.2, 0.25) is 5.91 Å². The first kappa shape index (κ1) is 15.8. The maximum absolute atomic E-state index is 11.7. The molecule has 0 atom stereocenters. The van der Waals surface area contributed by atoms with E-state index in [9.17, 15) is 4.79 Å². The van der Waals surface area contributed by atoms with Crippen molar-refractivity contribution in [1.29, 1.82) is 0 Å². The number of piperidine rings is 1. The summed E-state index contributed by atoms with van der Waals surface area (Å²) < 4.78 is 0. The summed E-state index contributed by atoms with van der Waals surface area (Å²) in [5, 5.41) is 6.39. The Labute approximate surface area is 116 Å². The van der Waals surface area contributed by atoms with Crippen LogP contribution in [0.15, 0.2) is 0 Å². The van der Waals surface area contributed by atoms with Crippen molar-refractivity contribution in [2.45, 2.75) is 44.9 Å². The summed E-state index contributed by atoms with van der Waals surface area (Å²) in [6, 6.07) is 0. The molecule has 0 aromatic carbocycles. The van der Waals surface area contributed by atoms with Gasteiger partial charge in [0.1, 0.15) is 0 Å². The summed E-state index contributed by atoms with van der Waals surface area (Å²) in [6.45, 7) is 3.02. The minimum absolute atomic E-state index is 0.256. The lowest BCUT2D eigenvalue weighted by atomic mass is 9.94. The van der Waals surface area contributed by atoms with Gasteiger partial charge in [-0.15, -0.1) is 0 Å². The van der Waals surface area contributed by atoms with Crippen LogP contribution in [-0.2, 0) is 4.79 Å². The summed E-state index contributed by atoms with van der Waals surface area (Å²) in [7, 11) is 0. The highest BCUT2D eigenvalue weighted by Crippen LogP contribution is 2.15. The van der Waals surface area contributed by atoms with Gasteiger partial charge in [0.25, 0.3) is 0 Å². The zero-order valence-electron chi connectivity index (χ0n) is 11.7. The van der Waals surface area contributed by atoms with Crippen molar-refractivity contribution < 1.29 is 4.79 Å². The molecule has 3 nitrogen and oxygen atoms in total. The normalized spacial score (nSPS) is 16.7. The molecule has 0 radical (unpaired) electrons. The van der Waals surface area contributed by atoms with Crippen LogP contribution in [0.5, 0.6) is 0 Å². The largest absolute Gasteiger partial charge is 0.356 e. The molecule has 1 fully saturated rings. The van der Waals surface area contributed by atoms with E-state index < -0.39 is 0 Å². The standard InChI is InChI=1S/C14H28N2OS/c1-18-11-5-3-2-4-8-16-14(17)12-13-6-9-15-10-7-13/h13,15H,2-12H2,1H3,(H,16,17). The number of carbonyl (C=O) groups excluding carboxylic acids is 1. The Balaban J connectivity index is 1.90. The van der Waals surface area contributed by atoms with Crippen LogP contribution in [0.1, 0.15) is 44.9 Å². The van der Waals surface area contributed by atoms with E-state index in [1.165, 1.54) is 25.0 Å². The highest BCUT2D eigenvalue weighted by Gasteiger charge is 2.16. The van der Waals surface area contributed by atoms with Gasteiger partial charge in [0.05, 0.1) is 0 Å². The van der Waals surface area contributed by atoms with Crippen LogP contribution < -0.4 is 10.6 Å². The van der Waals surface area contributed by atoms with Crippen LogP contribution >= 0.6 is 11.8 Å². The monoisotopic (exact) mass is 272 g/mol. The molecule has 1 rings (SSSR count). The Hall–Kier alpha value is -0.220. The molecule has 1 saturated heterocycles. The topological polar surface area (TPSA) is 41.1 Å². The molecule has 0 saturated carbocycles. The van der Waals surface area contributed by atoms with E-state index in [0.717, 1.165) is 45.3 Å². The first-order valence-corrected chi connectivity index (χ1v) is 8.68. The lowest BCUT2D eigenvalue weighted by Gasteiger charge is -2.21. The molecule has 1 aliphatic rings. The molecular formula is C14H28N2OS. The molecule has 0 aromatic rings. The number of nitrogens with one attached hydrogen (secondary N) is 2. The van der Waals surface area contributed by atoms with Crippen molar-refractivity contribution in [2.24, 2.45) is 5.92 Å². The lowest BCUT2D eigenvalue weighted by Crippen LogP contribution is -2.32. The van der Waals surface area contributed by atoms with Crippen LogP contribution in [0.3, 0.4) is 0 Å². The van der Waals surface area contributed by atoms with E-state index >= 15 is 0 Å². The maximum Gasteiger partial charge on any atom is 0.220 e. The van der Waals surface area contributed by atoms with Crippen molar-refractivity contribution in [3.05, 3.63) is 0 Å². The molecule has 0 aromatic heterocycles. The van der Waals surface area contributed by atoms with Gasteiger partial charge in [0.15, 0.2) is 0 Å². The zero-order chi connectivity index (χ0) is 13.1. The van der Waals surface area contributed by atoms with Crippen LogP contribution in [-0.4, -0.2) is 37.6 Å². The Morgan fingerprint density at radius 2 is 1.94 bits per heavy atom. The summed E-state index contributed by atoms with van der Waals surface area (Å²) in [4.78, 5) is 11.7. The fraction of sp³-hybridized carbons (Fsp3) is 0.929. The number of thioether (sulfide) groups is 1. The predicted molar refractivity (Wildman–Crippen MR) is 80.1 cm³/mol. The fourth-order valence-electron chi connectivity index (χ4n) is 2.37. The van der Waals surface area contributed by atoms with Gasteiger partial charge >= 0.3 is 0 Å². The van der Waals surface area contributed by atoms with E-state index in [4.69, 9.17) is 0 Å². The van der Waals surface area contributed by atoms with Gasteiger partial charge in [-0.25, -0.2) is 0 Å². The average Bonchev–Trinajstić information content (AvgIpc) is 2.39. The van der Waals surface area contributed by atoms with Crippen LogP contribution in [0.4, 0.5) is 0 Å². The number of amides is 1. The summed E-state index contributed by atoms with van der Waals surface area (Å²) in [6.07, 6.45) is 10.2. The Kier molecular flexibility index (Phi) is 9.40. The van der Waals surface area contributed by atoms with Gasteiger partial charge in [-0.05, 0) is 56.7 Å². The van der Waals surface area contributed by atoms with Gasteiger partial charge < -0.3 is 10.6 Å². The Morgan fingerprint density at radius 1 is 1.22 bits per heavy atom. The minimum Gasteiger partial charge on any atom is -0.356 e.